The molecule has 0 saturated heterocycles. The van der Waals surface area contributed by atoms with Crippen LogP contribution in [0.3, 0.4) is 0 Å². The molecule has 0 radical (unpaired) electrons. The van der Waals surface area contributed by atoms with Crippen molar-refractivity contribution in [2.75, 3.05) is 7.11 Å². The first-order valence-electron chi connectivity index (χ1n) is 4.46. The lowest BCUT2D eigenvalue weighted by atomic mass is 9.97. The molecule has 2 heteroatoms. The summed E-state index contributed by atoms with van der Waals surface area (Å²) in [6, 6.07) is 9.80. The fourth-order valence-corrected chi connectivity index (χ4v) is 1.27. The molecule has 1 atom stereocenters. The van der Waals surface area contributed by atoms with E-state index in [0.29, 0.717) is 6.42 Å². The highest BCUT2D eigenvalue weighted by atomic mass is 16.5. The minimum atomic E-state index is -0.0987. The van der Waals surface area contributed by atoms with Crippen LogP contribution < -0.4 is 4.74 Å². The number of methoxy groups -OCH3 is 1. The van der Waals surface area contributed by atoms with Crippen molar-refractivity contribution in [1.29, 1.82) is 5.26 Å². The van der Waals surface area contributed by atoms with Gasteiger partial charge in [0.25, 0.3) is 0 Å². The standard InChI is InChI=1S/C12H13NO/c1-3-4-11(9-13)10-5-7-12(14-2)8-6-10/h3,5-8,11H,1,4H2,2H3/t11-/m1/s1. The molecule has 0 aliphatic carbocycles. The average molecular weight is 187 g/mol. The van der Waals surface area contributed by atoms with Crippen LogP contribution in [-0.2, 0) is 0 Å². The molecule has 0 aliphatic heterocycles. The number of allylic oxidation sites excluding steroid dienone is 1. The SMILES string of the molecule is C=CC[C@H](C#N)c1ccc(OC)cc1. The fourth-order valence-electron chi connectivity index (χ4n) is 1.27. The van der Waals surface area contributed by atoms with E-state index in [4.69, 9.17) is 10.00 Å². The number of nitrogens with zero attached hydrogens (tertiary/aromatic N) is 1. The van der Waals surface area contributed by atoms with E-state index in [2.05, 4.69) is 12.6 Å². The second-order valence-corrected chi connectivity index (χ2v) is 2.98. The van der Waals surface area contributed by atoms with Crippen LogP contribution in [-0.4, -0.2) is 7.11 Å². The van der Waals surface area contributed by atoms with Crippen molar-refractivity contribution in [2.45, 2.75) is 12.3 Å². The zero-order chi connectivity index (χ0) is 10.4. The van der Waals surface area contributed by atoms with Crippen molar-refractivity contribution in [1.82, 2.24) is 0 Å². The number of rotatable bonds is 4. The van der Waals surface area contributed by atoms with Crippen LogP contribution in [0.5, 0.6) is 5.75 Å². The highest BCUT2D eigenvalue weighted by Gasteiger charge is 2.07. The monoisotopic (exact) mass is 187 g/mol. The minimum absolute atomic E-state index is 0.0987. The van der Waals surface area contributed by atoms with Crippen molar-refractivity contribution in [2.24, 2.45) is 0 Å². The third-order valence-corrected chi connectivity index (χ3v) is 2.08. The van der Waals surface area contributed by atoms with Gasteiger partial charge in [-0.1, -0.05) is 18.2 Å². The van der Waals surface area contributed by atoms with Gasteiger partial charge in [-0.2, -0.15) is 5.26 Å². The van der Waals surface area contributed by atoms with Crippen LogP contribution in [0.25, 0.3) is 0 Å². The van der Waals surface area contributed by atoms with Gasteiger partial charge in [-0.25, -0.2) is 0 Å². The molecule has 0 amide bonds. The van der Waals surface area contributed by atoms with Crippen molar-refractivity contribution < 1.29 is 4.74 Å². The van der Waals surface area contributed by atoms with Gasteiger partial charge in [0.15, 0.2) is 0 Å². The van der Waals surface area contributed by atoms with Crippen molar-refractivity contribution in [3.8, 4) is 11.8 Å². The highest BCUT2D eigenvalue weighted by Crippen LogP contribution is 2.21. The van der Waals surface area contributed by atoms with Gasteiger partial charge in [0.1, 0.15) is 5.75 Å². The lowest BCUT2D eigenvalue weighted by Crippen LogP contribution is -1.93. The van der Waals surface area contributed by atoms with Crippen LogP contribution in [0.4, 0.5) is 0 Å². The summed E-state index contributed by atoms with van der Waals surface area (Å²) in [5, 5.41) is 8.91. The summed E-state index contributed by atoms with van der Waals surface area (Å²) < 4.78 is 5.04. The lowest BCUT2D eigenvalue weighted by Gasteiger charge is -2.07. The van der Waals surface area contributed by atoms with E-state index in [1.54, 1.807) is 13.2 Å². The Morgan fingerprint density at radius 3 is 2.57 bits per heavy atom. The van der Waals surface area contributed by atoms with Gasteiger partial charge in [-0.15, -0.1) is 6.58 Å². The van der Waals surface area contributed by atoms with Crippen molar-refractivity contribution in [3.63, 3.8) is 0 Å². The molecule has 14 heavy (non-hydrogen) atoms. The number of nitriles is 1. The van der Waals surface area contributed by atoms with Gasteiger partial charge in [0, 0.05) is 0 Å². The lowest BCUT2D eigenvalue weighted by molar-refractivity contribution is 0.414. The molecule has 0 heterocycles. The van der Waals surface area contributed by atoms with E-state index >= 15 is 0 Å². The van der Waals surface area contributed by atoms with Crippen LogP contribution >= 0.6 is 0 Å². The number of hydrogen-bond donors (Lipinski definition) is 0. The van der Waals surface area contributed by atoms with Crippen LogP contribution in [0.1, 0.15) is 17.9 Å². The van der Waals surface area contributed by atoms with Gasteiger partial charge < -0.3 is 4.74 Å². The fraction of sp³-hybridized carbons (Fsp3) is 0.250. The first-order chi connectivity index (χ1) is 6.81. The Morgan fingerprint density at radius 2 is 2.14 bits per heavy atom. The molecule has 1 aromatic rings. The van der Waals surface area contributed by atoms with E-state index in [9.17, 15) is 0 Å². The van der Waals surface area contributed by atoms with E-state index in [1.807, 2.05) is 24.3 Å². The van der Waals surface area contributed by atoms with Gasteiger partial charge in [-0.3, -0.25) is 0 Å². The third kappa shape index (κ3) is 2.37. The molecule has 0 bridgehead atoms. The predicted molar refractivity (Wildman–Crippen MR) is 56.2 cm³/mol. The molecule has 0 aromatic heterocycles. The zero-order valence-electron chi connectivity index (χ0n) is 8.23. The van der Waals surface area contributed by atoms with E-state index in [1.165, 1.54) is 0 Å². The van der Waals surface area contributed by atoms with Gasteiger partial charge in [0.2, 0.25) is 0 Å². The molecule has 0 unspecified atom stereocenters. The summed E-state index contributed by atoms with van der Waals surface area (Å²) in [5.41, 5.74) is 1.01. The van der Waals surface area contributed by atoms with Gasteiger partial charge in [-0.05, 0) is 24.1 Å². The van der Waals surface area contributed by atoms with Crippen LogP contribution in [0.15, 0.2) is 36.9 Å². The minimum Gasteiger partial charge on any atom is -0.497 e. The molecule has 0 N–H and O–H groups in total. The van der Waals surface area contributed by atoms with Gasteiger partial charge >= 0.3 is 0 Å². The quantitative estimate of drug-likeness (QED) is 0.679. The molecule has 0 spiro atoms. The van der Waals surface area contributed by atoms with Gasteiger partial charge in [0.05, 0.1) is 19.1 Å². The number of ether oxygens (including phenoxy) is 1. The van der Waals surface area contributed by atoms with Crippen molar-refractivity contribution >= 4 is 0 Å². The molecule has 1 rings (SSSR count). The number of hydrogen-bond acceptors (Lipinski definition) is 2. The maximum atomic E-state index is 8.91. The van der Waals surface area contributed by atoms with Crippen LogP contribution in [0, 0.1) is 11.3 Å². The largest absolute Gasteiger partial charge is 0.497 e. The molecule has 2 nitrogen and oxygen atoms in total. The average Bonchev–Trinajstić information content (AvgIpc) is 2.26. The summed E-state index contributed by atoms with van der Waals surface area (Å²) in [7, 11) is 1.63. The summed E-state index contributed by atoms with van der Waals surface area (Å²) in [6.07, 6.45) is 2.45. The Labute approximate surface area is 84.4 Å². The van der Waals surface area contributed by atoms with Crippen LogP contribution in [0.2, 0.25) is 0 Å². The Hall–Kier alpha value is -1.75. The van der Waals surface area contributed by atoms with E-state index in [-0.39, 0.29) is 5.92 Å². The zero-order valence-corrected chi connectivity index (χ0v) is 8.23. The summed E-state index contributed by atoms with van der Waals surface area (Å²) in [4.78, 5) is 0. The smallest absolute Gasteiger partial charge is 0.118 e. The molecular weight excluding hydrogens is 174 g/mol. The molecule has 72 valence electrons. The summed E-state index contributed by atoms with van der Waals surface area (Å²) >= 11 is 0. The molecule has 1 aromatic carbocycles. The number of benzene rings is 1. The molecule has 0 fully saturated rings. The predicted octanol–water partition coefficient (Wildman–Crippen LogP) is 2.88. The first kappa shape index (κ1) is 10.3. The van der Waals surface area contributed by atoms with E-state index < -0.39 is 0 Å². The van der Waals surface area contributed by atoms with Crippen molar-refractivity contribution in [3.05, 3.63) is 42.5 Å². The topological polar surface area (TPSA) is 33.0 Å². The Kier molecular flexibility index (Phi) is 3.75. The molecule has 0 aliphatic rings. The van der Waals surface area contributed by atoms with E-state index in [0.717, 1.165) is 11.3 Å². The molecule has 0 saturated carbocycles. The second-order valence-electron chi connectivity index (χ2n) is 2.98. The third-order valence-electron chi connectivity index (χ3n) is 2.08. The second kappa shape index (κ2) is 5.08. The normalized spacial score (nSPS) is 11.4. The Balaban J connectivity index is 2.84. The first-order valence-corrected chi connectivity index (χ1v) is 4.46. The maximum Gasteiger partial charge on any atom is 0.118 e. The summed E-state index contributed by atoms with van der Waals surface area (Å²) in [5.74, 6) is 0.711. The Bertz CT molecular complexity index is 334. The Morgan fingerprint density at radius 1 is 1.50 bits per heavy atom. The maximum absolute atomic E-state index is 8.91. The summed E-state index contributed by atoms with van der Waals surface area (Å²) in [6.45, 7) is 3.63. The molecular formula is C12H13NO. The highest BCUT2D eigenvalue weighted by molar-refractivity contribution is 5.32.